The Bertz CT molecular complexity index is 546. The summed E-state index contributed by atoms with van der Waals surface area (Å²) >= 11 is 19.8. The summed E-state index contributed by atoms with van der Waals surface area (Å²) in [6, 6.07) is 11.7. The molecule has 0 amide bonds. The highest BCUT2D eigenvalue weighted by atomic mass is 35.5. The Balaban J connectivity index is 2.10. The Labute approximate surface area is 132 Å². The third kappa shape index (κ3) is 3.96. The van der Waals surface area contributed by atoms with Gasteiger partial charge in [-0.05, 0) is 36.1 Å². The van der Waals surface area contributed by atoms with Gasteiger partial charge in [0.2, 0.25) is 0 Å². The summed E-state index contributed by atoms with van der Waals surface area (Å²) in [5.74, 6) is 0. The number of nitrogens with one attached hydrogen (secondary N) is 1. The van der Waals surface area contributed by atoms with Crippen molar-refractivity contribution in [1.82, 2.24) is 0 Å². The Morgan fingerprint density at radius 1 is 1.00 bits per heavy atom. The van der Waals surface area contributed by atoms with Crippen LogP contribution in [0.25, 0.3) is 0 Å². The second-order valence-corrected chi connectivity index (χ2v) is 6.08. The van der Waals surface area contributed by atoms with Gasteiger partial charge in [-0.3, -0.25) is 0 Å². The zero-order valence-corrected chi connectivity index (χ0v) is 13.3. The van der Waals surface area contributed by atoms with Gasteiger partial charge < -0.3 is 5.32 Å². The van der Waals surface area contributed by atoms with Crippen molar-refractivity contribution in [1.29, 1.82) is 0 Å². The number of thioether (sulfide) groups is 1. The van der Waals surface area contributed by atoms with Gasteiger partial charge in [-0.1, -0.05) is 46.9 Å². The fourth-order valence-electron chi connectivity index (χ4n) is 1.64. The fourth-order valence-corrected chi connectivity index (χ4v) is 3.00. The maximum Gasteiger partial charge on any atom is 0.0722 e. The van der Waals surface area contributed by atoms with Crippen LogP contribution in [0.4, 0.5) is 5.69 Å². The number of benzene rings is 2. The number of rotatable bonds is 4. The second-order valence-electron chi connectivity index (χ2n) is 3.95. The van der Waals surface area contributed by atoms with Crippen molar-refractivity contribution in [2.75, 3.05) is 11.6 Å². The van der Waals surface area contributed by atoms with E-state index in [0.717, 1.165) is 0 Å². The fraction of sp³-hybridized carbons (Fsp3) is 0.143. The number of hydrogen-bond acceptors (Lipinski definition) is 2. The zero-order valence-electron chi connectivity index (χ0n) is 10.2. The molecule has 100 valence electrons. The van der Waals surface area contributed by atoms with Crippen molar-refractivity contribution in [3.8, 4) is 0 Å². The van der Waals surface area contributed by atoms with Crippen LogP contribution in [-0.2, 0) is 6.54 Å². The molecule has 1 nitrogen and oxygen atoms in total. The van der Waals surface area contributed by atoms with Crippen molar-refractivity contribution in [3.63, 3.8) is 0 Å². The Morgan fingerprint density at radius 2 is 1.58 bits per heavy atom. The van der Waals surface area contributed by atoms with Gasteiger partial charge in [-0.25, -0.2) is 0 Å². The van der Waals surface area contributed by atoms with E-state index in [4.69, 9.17) is 34.8 Å². The molecule has 19 heavy (non-hydrogen) atoms. The third-order valence-electron chi connectivity index (χ3n) is 2.64. The van der Waals surface area contributed by atoms with Gasteiger partial charge in [0.15, 0.2) is 0 Å². The predicted molar refractivity (Wildman–Crippen MR) is 87.0 cm³/mol. The molecule has 0 radical (unpaired) electrons. The van der Waals surface area contributed by atoms with Gasteiger partial charge in [0.25, 0.3) is 0 Å². The van der Waals surface area contributed by atoms with E-state index >= 15 is 0 Å². The van der Waals surface area contributed by atoms with Crippen LogP contribution in [-0.4, -0.2) is 6.26 Å². The van der Waals surface area contributed by atoms with Gasteiger partial charge in [0.05, 0.1) is 15.7 Å². The molecule has 0 aromatic heterocycles. The van der Waals surface area contributed by atoms with Gasteiger partial charge in [-0.2, -0.15) is 0 Å². The van der Waals surface area contributed by atoms with E-state index in [1.165, 1.54) is 10.5 Å². The standard InChI is InChI=1S/C14H12Cl3NS/c1-19-11-4-2-9(3-5-11)8-18-14-12(16)6-10(15)7-13(14)17/h2-7,18H,8H2,1H3. The maximum atomic E-state index is 6.11. The molecule has 0 bridgehead atoms. The lowest BCUT2D eigenvalue weighted by Crippen LogP contribution is -2.00. The molecule has 0 aliphatic heterocycles. The predicted octanol–water partition coefficient (Wildman–Crippen LogP) is 5.98. The minimum absolute atomic E-state index is 0.526. The molecule has 0 heterocycles. The second kappa shape index (κ2) is 6.76. The van der Waals surface area contributed by atoms with E-state index in [1.54, 1.807) is 23.9 Å². The minimum atomic E-state index is 0.526. The highest BCUT2D eigenvalue weighted by Crippen LogP contribution is 2.33. The highest BCUT2D eigenvalue weighted by Gasteiger charge is 2.07. The smallest absolute Gasteiger partial charge is 0.0722 e. The quantitative estimate of drug-likeness (QED) is 0.691. The van der Waals surface area contributed by atoms with Crippen LogP contribution in [0.1, 0.15) is 5.56 Å². The Hall–Kier alpha value is -0.540. The van der Waals surface area contributed by atoms with Crippen molar-refractivity contribution in [2.45, 2.75) is 11.4 Å². The largest absolute Gasteiger partial charge is 0.379 e. The first-order valence-corrected chi connectivity index (χ1v) is 7.97. The van der Waals surface area contributed by atoms with E-state index in [-0.39, 0.29) is 0 Å². The van der Waals surface area contributed by atoms with E-state index < -0.39 is 0 Å². The van der Waals surface area contributed by atoms with Crippen LogP contribution < -0.4 is 5.32 Å². The van der Waals surface area contributed by atoms with Crippen LogP contribution in [0.3, 0.4) is 0 Å². The molecule has 2 aromatic rings. The Kier molecular flexibility index (Phi) is 5.28. The molecular weight excluding hydrogens is 321 g/mol. The lowest BCUT2D eigenvalue weighted by atomic mass is 10.2. The van der Waals surface area contributed by atoms with Crippen LogP contribution in [0.15, 0.2) is 41.3 Å². The molecule has 0 spiro atoms. The van der Waals surface area contributed by atoms with Crippen LogP contribution in [0.5, 0.6) is 0 Å². The zero-order chi connectivity index (χ0) is 13.8. The number of hydrogen-bond donors (Lipinski definition) is 1. The number of halogens is 3. The summed E-state index contributed by atoms with van der Waals surface area (Å²) in [5.41, 5.74) is 1.88. The minimum Gasteiger partial charge on any atom is -0.379 e. The van der Waals surface area contributed by atoms with Gasteiger partial charge in [-0.15, -0.1) is 11.8 Å². The lowest BCUT2D eigenvalue weighted by molar-refractivity contribution is 1.14. The lowest BCUT2D eigenvalue weighted by Gasteiger charge is -2.11. The molecule has 1 N–H and O–H groups in total. The molecule has 0 aliphatic carbocycles. The summed E-state index contributed by atoms with van der Waals surface area (Å²) in [5, 5.41) is 4.82. The average molecular weight is 333 g/mol. The first kappa shape index (κ1) is 14.9. The van der Waals surface area contributed by atoms with E-state index in [9.17, 15) is 0 Å². The van der Waals surface area contributed by atoms with E-state index in [0.29, 0.717) is 27.3 Å². The first-order valence-electron chi connectivity index (χ1n) is 5.61. The normalized spacial score (nSPS) is 10.5. The molecule has 0 fully saturated rings. The molecule has 0 saturated carbocycles. The van der Waals surface area contributed by atoms with Crippen LogP contribution >= 0.6 is 46.6 Å². The van der Waals surface area contributed by atoms with E-state index in [1.807, 2.05) is 0 Å². The molecule has 0 atom stereocenters. The first-order chi connectivity index (χ1) is 9.10. The third-order valence-corrected chi connectivity index (χ3v) is 4.19. The molecular formula is C14H12Cl3NS. The van der Waals surface area contributed by atoms with Crippen molar-refractivity contribution >= 4 is 52.3 Å². The SMILES string of the molecule is CSc1ccc(CNc2c(Cl)cc(Cl)cc2Cl)cc1. The summed E-state index contributed by atoms with van der Waals surface area (Å²) < 4.78 is 0. The van der Waals surface area contributed by atoms with Gasteiger partial charge >= 0.3 is 0 Å². The number of anilines is 1. The highest BCUT2D eigenvalue weighted by molar-refractivity contribution is 7.98. The molecule has 2 rings (SSSR count). The van der Waals surface area contributed by atoms with Gasteiger partial charge in [0, 0.05) is 16.5 Å². The topological polar surface area (TPSA) is 12.0 Å². The molecule has 2 aromatic carbocycles. The van der Waals surface area contributed by atoms with E-state index in [2.05, 4.69) is 35.8 Å². The van der Waals surface area contributed by atoms with Crippen LogP contribution in [0.2, 0.25) is 15.1 Å². The summed E-state index contributed by atoms with van der Waals surface area (Å²) in [7, 11) is 0. The summed E-state index contributed by atoms with van der Waals surface area (Å²) in [6.45, 7) is 0.662. The summed E-state index contributed by atoms with van der Waals surface area (Å²) in [6.07, 6.45) is 2.06. The summed E-state index contributed by atoms with van der Waals surface area (Å²) in [4.78, 5) is 1.24. The molecule has 0 aliphatic rings. The van der Waals surface area contributed by atoms with Crippen molar-refractivity contribution in [2.24, 2.45) is 0 Å². The Morgan fingerprint density at radius 3 is 2.11 bits per heavy atom. The molecule has 0 unspecified atom stereocenters. The van der Waals surface area contributed by atoms with Crippen molar-refractivity contribution in [3.05, 3.63) is 57.0 Å². The van der Waals surface area contributed by atoms with Crippen LogP contribution in [0, 0.1) is 0 Å². The molecule has 0 saturated heterocycles. The van der Waals surface area contributed by atoms with Crippen molar-refractivity contribution < 1.29 is 0 Å². The monoisotopic (exact) mass is 331 g/mol. The molecule has 5 heteroatoms. The average Bonchev–Trinajstić information content (AvgIpc) is 2.38. The maximum absolute atomic E-state index is 6.11. The van der Waals surface area contributed by atoms with Gasteiger partial charge in [0.1, 0.15) is 0 Å².